The molecule has 2 heterocycles. The molecular formula is C27H35BrN4O5. The highest BCUT2D eigenvalue weighted by atomic mass is 79.9. The lowest BCUT2D eigenvalue weighted by Gasteiger charge is -2.43. The maximum Gasteiger partial charge on any atom is 0.329 e. The molecule has 1 saturated heterocycles. The van der Waals surface area contributed by atoms with E-state index in [1.165, 1.54) is 27.1 Å². The van der Waals surface area contributed by atoms with E-state index < -0.39 is 17.7 Å². The maximum absolute atomic E-state index is 13.8. The molecule has 0 saturated carbocycles. The molecule has 37 heavy (non-hydrogen) atoms. The number of carbonyl (C=O) groups is 2. The summed E-state index contributed by atoms with van der Waals surface area (Å²) in [4.78, 5) is 30.6. The Labute approximate surface area is 226 Å². The van der Waals surface area contributed by atoms with Crippen molar-refractivity contribution in [1.29, 1.82) is 0 Å². The highest BCUT2D eigenvalue weighted by Gasteiger charge is 2.53. The fourth-order valence-electron chi connectivity index (χ4n) is 4.97. The van der Waals surface area contributed by atoms with Crippen molar-refractivity contribution in [2.75, 3.05) is 50.6 Å². The number of benzene rings is 2. The summed E-state index contributed by atoms with van der Waals surface area (Å²) in [6, 6.07) is 9.18. The van der Waals surface area contributed by atoms with Gasteiger partial charge in [-0.1, -0.05) is 29.8 Å². The first-order valence-corrected chi connectivity index (χ1v) is 13.3. The van der Waals surface area contributed by atoms with Crippen molar-refractivity contribution < 1.29 is 24.2 Å². The lowest BCUT2D eigenvalue weighted by atomic mass is 9.94. The predicted octanol–water partition coefficient (Wildman–Crippen LogP) is 4.15. The van der Waals surface area contributed by atoms with Crippen LogP contribution >= 0.6 is 15.9 Å². The highest BCUT2D eigenvalue weighted by molar-refractivity contribution is 9.10. The van der Waals surface area contributed by atoms with Gasteiger partial charge in [0.05, 0.1) is 25.6 Å². The first kappa shape index (κ1) is 27.2. The van der Waals surface area contributed by atoms with Crippen LogP contribution in [0.25, 0.3) is 0 Å². The molecule has 200 valence electrons. The summed E-state index contributed by atoms with van der Waals surface area (Å²) in [5, 5.41) is 17.8. The summed E-state index contributed by atoms with van der Waals surface area (Å²) in [6.07, 6.45) is 2.36. The standard InChI is InChI=1S/C27H35BrN4O5/c1-17-9-11-31(12-10-17)16-18(2)15-29-25(33)27(35)21-13-19(28)5-7-22(21)30-26(34)32(27)23-8-6-20(36-3)14-24(23)37-4/h5-8,13-14,17-18,35H,9-12,15-16H2,1-4H3,(H,29,33)(H,30,34)/t18-,27+/m0/s1. The van der Waals surface area contributed by atoms with E-state index >= 15 is 0 Å². The van der Waals surface area contributed by atoms with Gasteiger partial charge < -0.3 is 30.1 Å². The number of likely N-dealkylation sites (tertiary alicyclic amines) is 1. The predicted molar refractivity (Wildman–Crippen MR) is 146 cm³/mol. The van der Waals surface area contributed by atoms with Crippen LogP contribution in [0, 0.1) is 11.8 Å². The number of hydrogen-bond acceptors (Lipinski definition) is 6. The summed E-state index contributed by atoms with van der Waals surface area (Å²) in [5.74, 6) is 0.989. The van der Waals surface area contributed by atoms with E-state index in [4.69, 9.17) is 9.47 Å². The summed E-state index contributed by atoms with van der Waals surface area (Å²) in [6.45, 7) is 7.66. The second kappa shape index (κ2) is 11.3. The second-order valence-corrected chi connectivity index (χ2v) is 10.9. The zero-order chi connectivity index (χ0) is 26.7. The van der Waals surface area contributed by atoms with E-state index in [1.807, 2.05) is 0 Å². The Morgan fingerprint density at radius 2 is 1.95 bits per heavy atom. The van der Waals surface area contributed by atoms with Crippen LogP contribution in [0.5, 0.6) is 11.5 Å². The number of anilines is 2. The van der Waals surface area contributed by atoms with Crippen LogP contribution < -0.4 is 25.0 Å². The molecule has 10 heteroatoms. The molecule has 2 aliphatic rings. The number of ether oxygens (including phenoxy) is 2. The number of urea groups is 1. The average Bonchev–Trinajstić information content (AvgIpc) is 2.89. The van der Waals surface area contributed by atoms with Crippen LogP contribution in [-0.4, -0.2) is 62.3 Å². The molecule has 1 fully saturated rings. The third kappa shape index (κ3) is 5.56. The molecule has 3 N–H and O–H groups in total. The van der Waals surface area contributed by atoms with Crippen LogP contribution in [0.15, 0.2) is 40.9 Å². The summed E-state index contributed by atoms with van der Waals surface area (Å²) in [5.41, 5.74) is -1.51. The minimum Gasteiger partial charge on any atom is -0.497 e. The minimum atomic E-state index is -2.33. The lowest BCUT2D eigenvalue weighted by Crippen LogP contribution is -2.63. The number of fused-ring (bicyclic) bond motifs is 1. The number of rotatable bonds is 8. The van der Waals surface area contributed by atoms with Gasteiger partial charge in [0.2, 0.25) is 0 Å². The zero-order valence-corrected chi connectivity index (χ0v) is 23.3. The first-order valence-electron chi connectivity index (χ1n) is 12.5. The molecule has 9 nitrogen and oxygen atoms in total. The molecule has 4 rings (SSSR count). The van der Waals surface area contributed by atoms with Gasteiger partial charge in [0.15, 0.2) is 0 Å². The molecule has 3 amide bonds. The number of halogens is 1. The summed E-state index contributed by atoms with van der Waals surface area (Å²) < 4.78 is 11.4. The molecular weight excluding hydrogens is 540 g/mol. The van der Waals surface area contributed by atoms with E-state index in [9.17, 15) is 14.7 Å². The van der Waals surface area contributed by atoms with Gasteiger partial charge in [-0.15, -0.1) is 0 Å². The van der Waals surface area contributed by atoms with Crippen molar-refractivity contribution in [1.82, 2.24) is 10.2 Å². The topological polar surface area (TPSA) is 103 Å². The van der Waals surface area contributed by atoms with Gasteiger partial charge >= 0.3 is 6.03 Å². The average molecular weight is 576 g/mol. The normalized spacial score (nSPS) is 21.1. The van der Waals surface area contributed by atoms with Gasteiger partial charge in [0.1, 0.15) is 11.5 Å². The molecule has 0 unspecified atom stereocenters. The maximum atomic E-state index is 13.8. The molecule has 0 bridgehead atoms. The Morgan fingerprint density at radius 3 is 2.62 bits per heavy atom. The van der Waals surface area contributed by atoms with E-state index in [1.54, 1.807) is 36.4 Å². The van der Waals surface area contributed by atoms with Crippen LogP contribution in [0.1, 0.15) is 32.3 Å². The molecule has 0 radical (unpaired) electrons. The van der Waals surface area contributed by atoms with Gasteiger partial charge in [-0.2, -0.15) is 0 Å². The summed E-state index contributed by atoms with van der Waals surface area (Å²) in [7, 11) is 2.97. The van der Waals surface area contributed by atoms with Crippen molar-refractivity contribution in [2.24, 2.45) is 11.8 Å². The highest BCUT2D eigenvalue weighted by Crippen LogP contribution is 2.44. The van der Waals surface area contributed by atoms with Crippen molar-refractivity contribution in [2.45, 2.75) is 32.4 Å². The largest absolute Gasteiger partial charge is 0.497 e. The van der Waals surface area contributed by atoms with Gasteiger partial charge in [-0.05, 0) is 68.1 Å². The summed E-state index contributed by atoms with van der Waals surface area (Å²) >= 11 is 3.43. The second-order valence-electron chi connectivity index (χ2n) is 9.96. The fourth-order valence-corrected chi connectivity index (χ4v) is 5.33. The Morgan fingerprint density at radius 1 is 1.22 bits per heavy atom. The van der Waals surface area contributed by atoms with E-state index in [2.05, 4.69) is 45.3 Å². The number of methoxy groups -OCH3 is 2. The third-order valence-corrected chi connectivity index (χ3v) is 7.62. The zero-order valence-electron chi connectivity index (χ0n) is 21.7. The molecule has 2 atom stereocenters. The SMILES string of the molecule is COc1ccc(N2C(=O)Nc3ccc(Br)cc3[C@@]2(O)C(=O)NC[C@H](C)CN2CCC(C)CC2)c(OC)c1. The Hall–Kier alpha value is -2.82. The number of aliphatic hydroxyl groups is 1. The number of nitrogens with one attached hydrogen (secondary N) is 2. The fraction of sp³-hybridized carbons (Fsp3) is 0.481. The van der Waals surface area contributed by atoms with E-state index in [0.29, 0.717) is 22.5 Å². The smallest absolute Gasteiger partial charge is 0.329 e. The Balaban J connectivity index is 1.65. The van der Waals surface area contributed by atoms with Crippen molar-refractivity contribution in [3.63, 3.8) is 0 Å². The number of hydrogen-bond donors (Lipinski definition) is 3. The molecule has 2 aromatic rings. The lowest BCUT2D eigenvalue weighted by molar-refractivity contribution is -0.140. The molecule has 0 aliphatic carbocycles. The van der Waals surface area contributed by atoms with Crippen molar-refractivity contribution in [3.8, 4) is 11.5 Å². The molecule has 2 aromatic carbocycles. The van der Waals surface area contributed by atoms with Crippen LogP contribution in [0.2, 0.25) is 0 Å². The number of piperidine rings is 1. The minimum absolute atomic E-state index is 0.157. The van der Waals surface area contributed by atoms with Crippen LogP contribution in [0.4, 0.5) is 16.2 Å². The molecule has 0 aromatic heterocycles. The van der Waals surface area contributed by atoms with Crippen LogP contribution in [0.3, 0.4) is 0 Å². The van der Waals surface area contributed by atoms with Crippen molar-refractivity contribution in [3.05, 3.63) is 46.4 Å². The van der Waals surface area contributed by atoms with Gasteiger partial charge in [-0.3, -0.25) is 4.79 Å². The Bertz CT molecular complexity index is 1150. The van der Waals surface area contributed by atoms with Crippen LogP contribution in [-0.2, 0) is 10.5 Å². The third-order valence-electron chi connectivity index (χ3n) is 7.13. The quantitative estimate of drug-likeness (QED) is 0.437. The van der Waals surface area contributed by atoms with E-state index in [0.717, 1.165) is 30.5 Å². The van der Waals surface area contributed by atoms with Gasteiger partial charge in [0.25, 0.3) is 11.6 Å². The van der Waals surface area contributed by atoms with Gasteiger partial charge in [-0.25, -0.2) is 9.69 Å². The van der Waals surface area contributed by atoms with E-state index in [-0.39, 0.29) is 22.9 Å². The van der Waals surface area contributed by atoms with Gasteiger partial charge in [0, 0.05) is 29.2 Å². The number of carbonyl (C=O) groups excluding carboxylic acids is 2. The molecule has 0 spiro atoms. The first-order chi connectivity index (χ1) is 17.7. The monoisotopic (exact) mass is 574 g/mol. The van der Waals surface area contributed by atoms with Crippen molar-refractivity contribution >= 4 is 39.2 Å². The number of amides is 3. The molecule has 2 aliphatic heterocycles. The number of nitrogens with zero attached hydrogens (tertiary/aromatic N) is 2. The Kier molecular flexibility index (Phi) is 8.30.